The minimum atomic E-state index is -0.624. The fourth-order valence-corrected chi connectivity index (χ4v) is 3.86. The predicted octanol–water partition coefficient (Wildman–Crippen LogP) is 3.81. The molecular formula is C18H18F2N2OS. The van der Waals surface area contributed by atoms with E-state index in [0.717, 1.165) is 17.3 Å². The molecule has 1 unspecified atom stereocenters. The first kappa shape index (κ1) is 16.8. The van der Waals surface area contributed by atoms with Gasteiger partial charge in [-0.2, -0.15) is 0 Å². The average molecular weight is 348 g/mol. The van der Waals surface area contributed by atoms with Gasteiger partial charge in [-0.3, -0.25) is 4.79 Å². The minimum Gasteiger partial charge on any atom is -0.378 e. The Balaban J connectivity index is 1.83. The number of benzene rings is 2. The average Bonchev–Trinajstić information content (AvgIpc) is 2.91. The normalized spacial score (nSPS) is 17.4. The molecule has 1 aliphatic rings. The van der Waals surface area contributed by atoms with Gasteiger partial charge in [0.2, 0.25) is 5.91 Å². The van der Waals surface area contributed by atoms with Crippen molar-refractivity contribution < 1.29 is 13.6 Å². The molecular weight excluding hydrogens is 330 g/mol. The highest BCUT2D eigenvalue weighted by Crippen LogP contribution is 2.40. The van der Waals surface area contributed by atoms with Gasteiger partial charge >= 0.3 is 0 Å². The zero-order valence-corrected chi connectivity index (χ0v) is 14.3. The van der Waals surface area contributed by atoms with Crippen LogP contribution in [0.3, 0.4) is 0 Å². The first-order valence-corrected chi connectivity index (χ1v) is 8.63. The second kappa shape index (κ2) is 6.81. The summed E-state index contributed by atoms with van der Waals surface area (Å²) in [5.41, 5.74) is 2.39. The third-order valence-electron chi connectivity index (χ3n) is 4.02. The van der Waals surface area contributed by atoms with Crippen molar-refractivity contribution in [3.8, 4) is 0 Å². The maximum Gasteiger partial charge on any atom is 0.234 e. The highest BCUT2D eigenvalue weighted by molar-refractivity contribution is 8.00. The Hall–Kier alpha value is -2.08. The molecule has 6 heteroatoms. The van der Waals surface area contributed by atoms with Crippen LogP contribution in [-0.4, -0.2) is 30.7 Å². The van der Waals surface area contributed by atoms with Crippen molar-refractivity contribution in [2.75, 3.05) is 24.7 Å². The number of anilines is 1. The molecule has 126 valence electrons. The highest BCUT2D eigenvalue weighted by atomic mass is 32.2. The van der Waals surface area contributed by atoms with Crippen LogP contribution in [0.15, 0.2) is 42.5 Å². The molecule has 0 radical (unpaired) electrons. The van der Waals surface area contributed by atoms with Crippen molar-refractivity contribution in [3.63, 3.8) is 0 Å². The van der Waals surface area contributed by atoms with Crippen LogP contribution in [0.1, 0.15) is 16.5 Å². The first-order valence-electron chi connectivity index (χ1n) is 7.58. The Morgan fingerprint density at radius 1 is 1.17 bits per heavy atom. The molecule has 1 atom stereocenters. The molecule has 0 N–H and O–H groups in total. The van der Waals surface area contributed by atoms with E-state index in [-0.39, 0.29) is 17.8 Å². The van der Waals surface area contributed by atoms with Crippen molar-refractivity contribution in [1.29, 1.82) is 0 Å². The second-order valence-corrected chi connectivity index (χ2v) is 6.98. The first-order chi connectivity index (χ1) is 11.5. The maximum absolute atomic E-state index is 13.9. The Morgan fingerprint density at radius 2 is 1.88 bits per heavy atom. The summed E-state index contributed by atoms with van der Waals surface area (Å²) in [6.07, 6.45) is 0. The number of amides is 1. The summed E-state index contributed by atoms with van der Waals surface area (Å²) in [5, 5.41) is -0.154. The summed E-state index contributed by atoms with van der Waals surface area (Å²) in [6.45, 7) is 0.137. The van der Waals surface area contributed by atoms with Gasteiger partial charge in [-0.1, -0.05) is 18.2 Å². The van der Waals surface area contributed by atoms with Gasteiger partial charge in [0.25, 0.3) is 0 Å². The van der Waals surface area contributed by atoms with E-state index in [9.17, 15) is 13.6 Å². The Kier molecular flexibility index (Phi) is 4.76. The summed E-state index contributed by atoms with van der Waals surface area (Å²) < 4.78 is 27.0. The van der Waals surface area contributed by atoms with Crippen LogP contribution in [0.2, 0.25) is 0 Å². The molecule has 0 saturated carbocycles. The molecule has 0 bridgehead atoms. The Bertz CT molecular complexity index is 749. The van der Waals surface area contributed by atoms with E-state index in [1.807, 2.05) is 43.3 Å². The fourth-order valence-electron chi connectivity index (χ4n) is 2.67. The summed E-state index contributed by atoms with van der Waals surface area (Å²) in [6, 6.07) is 11.4. The third kappa shape index (κ3) is 3.38. The van der Waals surface area contributed by atoms with Gasteiger partial charge in [-0.25, -0.2) is 8.78 Å². The molecule has 2 aromatic carbocycles. The topological polar surface area (TPSA) is 23.6 Å². The molecule has 1 heterocycles. The van der Waals surface area contributed by atoms with Gasteiger partial charge in [-0.15, -0.1) is 11.8 Å². The maximum atomic E-state index is 13.9. The number of nitrogens with zero attached hydrogens (tertiary/aromatic N) is 2. The largest absolute Gasteiger partial charge is 0.378 e. The van der Waals surface area contributed by atoms with Crippen LogP contribution in [-0.2, 0) is 11.3 Å². The van der Waals surface area contributed by atoms with Gasteiger partial charge in [0, 0.05) is 38.0 Å². The van der Waals surface area contributed by atoms with Crippen LogP contribution in [0.5, 0.6) is 0 Å². The monoisotopic (exact) mass is 348 g/mol. The van der Waals surface area contributed by atoms with Crippen molar-refractivity contribution in [1.82, 2.24) is 4.90 Å². The third-order valence-corrected chi connectivity index (χ3v) is 5.27. The summed E-state index contributed by atoms with van der Waals surface area (Å²) >= 11 is 1.52. The zero-order chi connectivity index (χ0) is 17.3. The number of halogens is 2. The van der Waals surface area contributed by atoms with Crippen LogP contribution in [0.4, 0.5) is 14.5 Å². The van der Waals surface area contributed by atoms with E-state index >= 15 is 0 Å². The van der Waals surface area contributed by atoms with Crippen LogP contribution >= 0.6 is 11.8 Å². The summed E-state index contributed by atoms with van der Waals surface area (Å²) in [4.78, 5) is 15.9. The number of rotatable bonds is 4. The van der Waals surface area contributed by atoms with E-state index in [1.54, 1.807) is 4.90 Å². The molecule has 1 fully saturated rings. The summed E-state index contributed by atoms with van der Waals surface area (Å²) in [5.74, 6) is -0.913. The van der Waals surface area contributed by atoms with Gasteiger partial charge in [0.05, 0.1) is 5.75 Å². The molecule has 1 amide bonds. The lowest BCUT2D eigenvalue weighted by molar-refractivity contribution is -0.128. The van der Waals surface area contributed by atoms with Crippen molar-refractivity contribution in [2.24, 2.45) is 0 Å². The zero-order valence-electron chi connectivity index (χ0n) is 13.5. The molecule has 1 aliphatic heterocycles. The van der Waals surface area contributed by atoms with E-state index in [2.05, 4.69) is 0 Å². The van der Waals surface area contributed by atoms with Gasteiger partial charge in [0.15, 0.2) is 0 Å². The molecule has 0 spiro atoms. The van der Waals surface area contributed by atoms with Crippen molar-refractivity contribution >= 4 is 23.4 Å². The number of hydrogen-bond acceptors (Lipinski definition) is 3. The van der Waals surface area contributed by atoms with E-state index in [0.29, 0.717) is 11.3 Å². The lowest BCUT2D eigenvalue weighted by atomic mass is 10.1. The van der Waals surface area contributed by atoms with Crippen molar-refractivity contribution in [3.05, 3.63) is 65.2 Å². The second-order valence-electron chi connectivity index (χ2n) is 5.91. The lowest BCUT2D eigenvalue weighted by Crippen LogP contribution is -2.28. The number of carbonyl (C=O) groups excluding carboxylic acids is 1. The molecule has 2 aromatic rings. The molecule has 3 nitrogen and oxygen atoms in total. The standard InChI is InChI=1S/C18H18F2N2OS/c1-21(2)15-7-4-12(5-8-15)18-22(17(23)11-24-18)10-13-3-6-14(19)9-16(13)20/h3-9,18H,10-11H2,1-2H3. The van der Waals surface area contributed by atoms with Crippen LogP contribution in [0.25, 0.3) is 0 Å². The molecule has 24 heavy (non-hydrogen) atoms. The summed E-state index contributed by atoms with van der Waals surface area (Å²) in [7, 11) is 3.93. The van der Waals surface area contributed by atoms with Gasteiger partial charge in [-0.05, 0) is 23.8 Å². The molecule has 3 rings (SSSR count). The lowest BCUT2D eigenvalue weighted by Gasteiger charge is -2.25. The molecule has 0 aromatic heterocycles. The smallest absolute Gasteiger partial charge is 0.234 e. The minimum absolute atomic E-state index is 0.0367. The SMILES string of the molecule is CN(C)c1ccc(C2SCC(=O)N2Cc2ccc(F)cc2F)cc1. The quantitative estimate of drug-likeness (QED) is 0.840. The van der Waals surface area contributed by atoms with Crippen LogP contribution in [0, 0.1) is 11.6 Å². The Labute approximate surface area is 144 Å². The predicted molar refractivity (Wildman–Crippen MR) is 92.9 cm³/mol. The highest BCUT2D eigenvalue weighted by Gasteiger charge is 2.33. The van der Waals surface area contributed by atoms with Gasteiger partial charge in [0.1, 0.15) is 17.0 Å². The fraction of sp³-hybridized carbons (Fsp3) is 0.278. The molecule has 0 aliphatic carbocycles. The number of carbonyl (C=O) groups is 1. The van der Waals surface area contributed by atoms with Gasteiger partial charge < -0.3 is 9.80 Å². The van der Waals surface area contributed by atoms with Crippen LogP contribution < -0.4 is 4.90 Å². The van der Waals surface area contributed by atoms with E-state index < -0.39 is 11.6 Å². The number of hydrogen-bond donors (Lipinski definition) is 0. The molecule has 1 saturated heterocycles. The van der Waals surface area contributed by atoms with Crippen molar-refractivity contribution in [2.45, 2.75) is 11.9 Å². The van der Waals surface area contributed by atoms with E-state index in [4.69, 9.17) is 0 Å². The van der Waals surface area contributed by atoms with E-state index in [1.165, 1.54) is 23.9 Å². The Morgan fingerprint density at radius 3 is 2.50 bits per heavy atom. The number of thioether (sulfide) groups is 1.